The lowest BCUT2D eigenvalue weighted by atomic mass is 9.97. The van der Waals surface area contributed by atoms with Crippen molar-refractivity contribution in [3.63, 3.8) is 0 Å². The fraction of sp³-hybridized carbons (Fsp3) is 0.214. The highest BCUT2D eigenvalue weighted by Crippen LogP contribution is 2.41. The molecule has 0 unspecified atom stereocenters. The van der Waals surface area contributed by atoms with Crippen LogP contribution in [0, 0.1) is 13.8 Å². The first-order valence-electron chi connectivity index (χ1n) is 11.3. The number of hydrogen-bond donors (Lipinski definition) is 1. The molecule has 2 heterocycles. The third kappa shape index (κ3) is 3.61. The second-order valence-corrected chi connectivity index (χ2v) is 8.65. The number of aryl methyl sites for hydroxylation is 2. The van der Waals surface area contributed by atoms with Crippen molar-refractivity contribution in [2.75, 3.05) is 6.61 Å². The molecule has 0 saturated carbocycles. The first-order chi connectivity index (χ1) is 16.4. The summed E-state index contributed by atoms with van der Waals surface area (Å²) < 4.78 is 11.6. The number of fused-ring (bicyclic) bond motifs is 2. The van der Waals surface area contributed by atoms with Crippen LogP contribution in [0.25, 0.3) is 11.0 Å². The summed E-state index contributed by atoms with van der Waals surface area (Å²) in [5.74, 6) is 0.0225. The van der Waals surface area contributed by atoms with Gasteiger partial charge < -0.3 is 19.2 Å². The Labute approximate surface area is 197 Å². The van der Waals surface area contributed by atoms with E-state index in [-0.39, 0.29) is 22.8 Å². The molecule has 0 fully saturated rings. The molecule has 1 N–H and O–H groups in total. The summed E-state index contributed by atoms with van der Waals surface area (Å²) in [6, 6.07) is 17.6. The van der Waals surface area contributed by atoms with Gasteiger partial charge in [-0.3, -0.25) is 9.59 Å². The van der Waals surface area contributed by atoms with Gasteiger partial charge in [-0.15, -0.1) is 0 Å². The summed E-state index contributed by atoms with van der Waals surface area (Å²) in [6.07, 6.45) is 0. The van der Waals surface area contributed by atoms with E-state index in [9.17, 15) is 14.7 Å². The predicted molar refractivity (Wildman–Crippen MR) is 129 cm³/mol. The van der Waals surface area contributed by atoms with Gasteiger partial charge in [0.2, 0.25) is 5.76 Å². The number of phenolic OH excluding ortho intramolecular Hbond substituents is 1. The molecule has 4 aromatic rings. The van der Waals surface area contributed by atoms with Gasteiger partial charge in [0.15, 0.2) is 16.9 Å². The second-order valence-electron chi connectivity index (χ2n) is 8.65. The first kappa shape index (κ1) is 21.8. The van der Waals surface area contributed by atoms with Crippen molar-refractivity contribution in [3.8, 4) is 11.5 Å². The Morgan fingerprint density at radius 1 is 0.971 bits per heavy atom. The molecule has 5 rings (SSSR count). The van der Waals surface area contributed by atoms with Gasteiger partial charge in [-0.1, -0.05) is 47.5 Å². The van der Waals surface area contributed by atoms with Crippen LogP contribution in [-0.2, 0) is 6.54 Å². The smallest absolute Gasteiger partial charge is 0.291 e. The maximum atomic E-state index is 13.7. The van der Waals surface area contributed by atoms with E-state index in [1.165, 1.54) is 6.07 Å². The van der Waals surface area contributed by atoms with Gasteiger partial charge in [0, 0.05) is 6.54 Å². The fourth-order valence-corrected chi connectivity index (χ4v) is 4.51. The van der Waals surface area contributed by atoms with Crippen molar-refractivity contribution in [2.45, 2.75) is 33.4 Å². The second kappa shape index (κ2) is 8.37. The lowest BCUT2D eigenvalue weighted by molar-refractivity contribution is 0.0714. The average molecular weight is 456 g/mol. The zero-order valence-electron chi connectivity index (χ0n) is 19.3. The number of carbonyl (C=O) groups is 1. The number of aromatic hydroxyl groups is 1. The first-order valence-corrected chi connectivity index (χ1v) is 11.3. The zero-order chi connectivity index (χ0) is 24.0. The molecule has 0 spiro atoms. The Balaban J connectivity index is 1.72. The third-order valence-corrected chi connectivity index (χ3v) is 6.19. The summed E-state index contributed by atoms with van der Waals surface area (Å²) in [4.78, 5) is 29.0. The number of amides is 1. The van der Waals surface area contributed by atoms with Crippen molar-refractivity contribution >= 4 is 16.9 Å². The fourth-order valence-electron chi connectivity index (χ4n) is 4.51. The Kier molecular flexibility index (Phi) is 5.36. The quantitative estimate of drug-likeness (QED) is 0.444. The zero-order valence-corrected chi connectivity index (χ0v) is 19.3. The minimum absolute atomic E-state index is 0.00130. The van der Waals surface area contributed by atoms with Crippen LogP contribution in [0.5, 0.6) is 11.5 Å². The lowest BCUT2D eigenvalue weighted by Gasteiger charge is -2.26. The Morgan fingerprint density at radius 2 is 1.71 bits per heavy atom. The number of benzene rings is 3. The number of nitrogens with zero attached hydrogens (tertiary/aromatic N) is 1. The normalized spacial score (nSPS) is 15.1. The molecule has 0 radical (unpaired) electrons. The molecule has 0 aliphatic carbocycles. The highest BCUT2D eigenvalue weighted by atomic mass is 16.5. The molecule has 0 bridgehead atoms. The van der Waals surface area contributed by atoms with E-state index in [2.05, 4.69) is 0 Å². The molecule has 3 aromatic carbocycles. The highest BCUT2D eigenvalue weighted by molar-refractivity contribution is 5.99. The molecule has 1 aliphatic rings. The molecule has 172 valence electrons. The standard InChI is InChI=1S/C28H25NO5/c1-4-33-23-14-19(10-11-21(23)30)25-24-26(31)20-13-17(3)7-12-22(20)34-27(24)28(32)29(25)15-18-8-5-16(2)6-9-18/h5-14,25,30H,4,15H2,1-3H3/t25-/m1/s1. The summed E-state index contributed by atoms with van der Waals surface area (Å²) in [5.41, 5.74) is 4.13. The minimum Gasteiger partial charge on any atom is -0.504 e. The molecule has 0 saturated heterocycles. The van der Waals surface area contributed by atoms with Crippen LogP contribution in [0.1, 0.15) is 51.3 Å². The van der Waals surface area contributed by atoms with Crippen molar-refractivity contribution in [2.24, 2.45) is 0 Å². The lowest BCUT2D eigenvalue weighted by Crippen LogP contribution is -2.29. The molecular formula is C28H25NO5. The summed E-state index contributed by atoms with van der Waals surface area (Å²) >= 11 is 0. The average Bonchev–Trinajstić information content (AvgIpc) is 3.09. The molecular weight excluding hydrogens is 430 g/mol. The molecule has 34 heavy (non-hydrogen) atoms. The Hall–Kier alpha value is -4.06. The van der Waals surface area contributed by atoms with Crippen LogP contribution < -0.4 is 10.2 Å². The van der Waals surface area contributed by atoms with Crippen LogP contribution in [-0.4, -0.2) is 22.5 Å². The minimum atomic E-state index is -0.676. The maximum absolute atomic E-state index is 13.7. The maximum Gasteiger partial charge on any atom is 0.291 e. The van der Waals surface area contributed by atoms with E-state index >= 15 is 0 Å². The van der Waals surface area contributed by atoms with E-state index in [1.807, 2.05) is 51.1 Å². The summed E-state index contributed by atoms with van der Waals surface area (Å²) in [7, 11) is 0. The van der Waals surface area contributed by atoms with Crippen LogP contribution >= 0.6 is 0 Å². The van der Waals surface area contributed by atoms with Crippen LogP contribution in [0.15, 0.2) is 69.9 Å². The number of hydrogen-bond acceptors (Lipinski definition) is 5. The number of ether oxygens (including phenoxy) is 1. The van der Waals surface area contributed by atoms with Crippen LogP contribution in [0.3, 0.4) is 0 Å². The van der Waals surface area contributed by atoms with Crippen LogP contribution in [0.2, 0.25) is 0 Å². The van der Waals surface area contributed by atoms with Gasteiger partial charge >= 0.3 is 0 Å². The van der Waals surface area contributed by atoms with E-state index in [0.29, 0.717) is 41.0 Å². The van der Waals surface area contributed by atoms with Crippen molar-refractivity contribution < 1.29 is 19.1 Å². The monoisotopic (exact) mass is 455 g/mol. The van der Waals surface area contributed by atoms with Crippen molar-refractivity contribution in [3.05, 3.63) is 104 Å². The van der Waals surface area contributed by atoms with Crippen molar-refractivity contribution in [1.82, 2.24) is 4.90 Å². The van der Waals surface area contributed by atoms with E-state index in [1.54, 1.807) is 29.2 Å². The highest BCUT2D eigenvalue weighted by Gasteiger charge is 2.43. The molecule has 6 heteroatoms. The molecule has 6 nitrogen and oxygen atoms in total. The third-order valence-electron chi connectivity index (χ3n) is 6.19. The van der Waals surface area contributed by atoms with Gasteiger partial charge in [0.05, 0.1) is 23.6 Å². The Morgan fingerprint density at radius 3 is 2.44 bits per heavy atom. The van der Waals surface area contributed by atoms with E-state index in [0.717, 1.165) is 16.7 Å². The Bertz CT molecular complexity index is 1470. The van der Waals surface area contributed by atoms with Gasteiger partial charge in [0.25, 0.3) is 5.91 Å². The topological polar surface area (TPSA) is 80.0 Å². The number of carbonyl (C=O) groups excluding carboxylic acids is 1. The van der Waals surface area contributed by atoms with Crippen LogP contribution in [0.4, 0.5) is 0 Å². The molecule has 1 aliphatic heterocycles. The summed E-state index contributed by atoms with van der Waals surface area (Å²) in [6.45, 7) is 6.41. The predicted octanol–water partition coefficient (Wildman–Crippen LogP) is 5.26. The van der Waals surface area contributed by atoms with Gasteiger partial charge in [-0.05, 0) is 56.2 Å². The van der Waals surface area contributed by atoms with Gasteiger partial charge in [-0.25, -0.2) is 0 Å². The SMILES string of the molecule is CCOc1cc([C@@H]2c3c(oc4ccc(C)cc4c3=O)C(=O)N2Cc2ccc(C)cc2)ccc1O. The van der Waals surface area contributed by atoms with E-state index in [4.69, 9.17) is 9.15 Å². The van der Waals surface area contributed by atoms with E-state index < -0.39 is 6.04 Å². The largest absolute Gasteiger partial charge is 0.504 e. The van der Waals surface area contributed by atoms with Gasteiger partial charge in [0.1, 0.15) is 5.58 Å². The van der Waals surface area contributed by atoms with Crippen molar-refractivity contribution in [1.29, 1.82) is 0 Å². The number of rotatable bonds is 5. The molecule has 1 amide bonds. The molecule has 1 atom stereocenters. The number of phenols is 1. The molecule has 1 aromatic heterocycles. The van der Waals surface area contributed by atoms with Gasteiger partial charge in [-0.2, -0.15) is 0 Å². The summed E-state index contributed by atoms with van der Waals surface area (Å²) in [5, 5.41) is 10.7.